The molecule has 1 unspecified atom stereocenters. The molecule has 0 saturated carbocycles. The molecule has 2 amide bonds. The number of quaternary nitrogens is 1. The topological polar surface area (TPSA) is 98.3 Å². The Kier molecular flexibility index (Phi) is 5.09. The van der Waals surface area contributed by atoms with Gasteiger partial charge in [-0.2, -0.15) is 0 Å². The normalized spacial score (nSPS) is 13.6. The average Bonchev–Trinajstić information content (AvgIpc) is 2.15. The second-order valence-corrected chi connectivity index (χ2v) is 4.69. The summed E-state index contributed by atoms with van der Waals surface area (Å²) in [5.41, 5.74) is -1.36. The van der Waals surface area contributed by atoms with Crippen LogP contribution < -0.4 is 15.7 Å². The number of nitrogens with zero attached hydrogens (tertiary/aromatic N) is 1. The fourth-order valence-corrected chi connectivity index (χ4v) is 1.99. The van der Waals surface area contributed by atoms with Crippen molar-refractivity contribution in [2.24, 2.45) is 0 Å². The van der Waals surface area contributed by atoms with Gasteiger partial charge in [-0.05, 0) is 6.42 Å². The first kappa shape index (κ1) is 15.4. The quantitative estimate of drug-likeness (QED) is 0.278. The molecule has 0 spiro atoms. The summed E-state index contributed by atoms with van der Waals surface area (Å²) in [6, 6.07) is -1.11. The van der Waals surface area contributed by atoms with Crippen molar-refractivity contribution in [3.05, 3.63) is 0 Å². The Labute approximate surface area is 100 Å². The lowest BCUT2D eigenvalue weighted by atomic mass is 9.94. The molecule has 0 aromatic heterocycles. The second-order valence-electron chi connectivity index (χ2n) is 4.69. The van der Waals surface area contributed by atoms with E-state index in [1.54, 1.807) is 28.1 Å². The zero-order valence-electron chi connectivity index (χ0n) is 10.5. The Bertz CT molecular complexity index is 288. The van der Waals surface area contributed by atoms with Crippen LogP contribution >= 0.6 is 0 Å². The van der Waals surface area contributed by atoms with Crippen LogP contribution in [0.1, 0.15) is 13.3 Å². The fourth-order valence-electron chi connectivity index (χ4n) is 1.99. The zero-order chi connectivity index (χ0) is 13.7. The number of hydrogen-bond acceptors (Lipinski definition) is 4. The van der Waals surface area contributed by atoms with E-state index in [2.05, 4.69) is 10.6 Å². The number of hydrogen-bond donors (Lipinski definition) is 2. The third-order valence-corrected chi connectivity index (χ3v) is 2.66. The lowest BCUT2D eigenvalue weighted by Crippen LogP contribution is -2.75. The van der Waals surface area contributed by atoms with Gasteiger partial charge >= 0.3 is 0 Å². The summed E-state index contributed by atoms with van der Waals surface area (Å²) in [4.78, 5) is 32.5. The highest BCUT2D eigenvalue weighted by Crippen LogP contribution is 2.19. The largest absolute Gasteiger partial charge is 0.544 e. The van der Waals surface area contributed by atoms with Crippen molar-refractivity contribution < 1.29 is 24.0 Å². The third-order valence-electron chi connectivity index (χ3n) is 2.66. The highest BCUT2D eigenvalue weighted by atomic mass is 16.4. The average molecular weight is 245 g/mol. The predicted molar refractivity (Wildman–Crippen MR) is 58.2 cm³/mol. The first-order valence-corrected chi connectivity index (χ1v) is 5.19. The predicted octanol–water partition coefficient (Wildman–Crippen LogP) is -2.59. The Morgan fingerprint density at radius 1 is 1.29 bits per heavy atom. The van der Waals surface area contributed by atoms with E-state index >= 15 is 0 Å². The molecule has 98 valence electrons. The summed E-state index contributed by atoms with van der Waals surface area (Å²) in [6.45, 7) is 1.67. The van der Waals surface area contributed by atoms with Gasteiger partial charge in [0.1, 0.15) is 5.97 Å². The van der Waals surface area contributed by atoms with E-state index in [1.165, 1.54) is 0 Å². The number of aliphatic carboxylic acids is 1. The van der Waals surface area contributed by atoms with Crippen molar-refractivity contribution >= 4 is 18.8 Å². The summed E-state index contributed by atoms with van der Waals surface area (Å²) < 4.78 is -0.00213. The maximum Gasteiger partial charge on any atom is 0.209 e. The van der Waals surface area contributed by atoms with Crippen LogP contribution in [0.25, 0.3) is 0 Å². The minimum Gasteiger partial charge on any atom is -0.544 e. The molecule has 1 atom stereocenters. The molecule has 0 aromatic carbocycles. The first-order valence-electron chi connectivity index (χ1n) is 5.19. The van der Waals surface area contributed by atoms with Gasteiger partial charge in [-0.15, -0.1) is 0 Å². The van der Waals surface area contributed by atoms with Crippen LogP contribution in [-0.2, 0) is 14.4 Å². The highest BCUT2D eigenvalue weighted by Gasteiger charge is 2.46. The maximum absolute atomic E-state index is 11.3. The Hall–Kier alpha value is -1.63. The second kappa shape index (κ2) is 5.62. The summed E-state index contributed by atoms with van der Waals surface area (Å²) in [7, 11) is 4.93. The Morgan fingerprint density at radius 3 is 1.88 bits per heavy atom. The summed E-state index contributed by atoms with van der Waals surface area (Å²) in [5.74, 6) is -1.34. The van der Waals surface area contributed by atoms with Crippen molar-refractivity contribution in [3.63, 3.8) is 0 Å². The number of carboxylic acids is 1. The molecule has 0 aromatic rings. The van der Waals surface area contributed by atoms with Gasteiger partial charge in [0.05, 0.1) is 21.1 Å². The van der Waals surface area contributed by atoms with Crippen LogP contribution in [0.3, 0.4) is 0 Å². The van der Waals surface area contributed by atoms with Crippen molar-refractivity contribution in [2.75, 3.05) is 21.1 Å². The highest BCUT2D eigenvalue weighted by molar-refractivity contribution is 5.73. The molecular formula is C10H19N3O4. The molecule has 7 heteroatoms. The third kappa shape index (κ3) is 3.42. The molecule has 2 N–H and O–H groups in total. The van der Waals surface area contributed by atoms with Crippen LogP contribution in [0.5, 0.6) is 0 Å². The standard InChI is InChI=1S/C10H19N3O4/c1-5-10(11-6-14,12-7-15)8(9(16)17)13(2,3)4/h6-8H,5H2,1-4H3,(H2-,11,12,14,15,16,17). The molecule has 0 aliphatic carbocycles. The molecule has 0 rings (SSSR count). The van der Waals surface area contributed by atoms with Gasteiger partial charge < -0.3 is 25.0 Å². The number of nitrogens with one attached hydrogen (secondary N) is 2. The molecule has 0 aliphatic heterocycles. The lowest BCUT2D eigenvalue weighted by Gasteiger charge is -2.46. The minimum absolute atomic E-state index is 0.00213. The SMILES string of the molecule is CCC(NC=O)(NC=O)C(C(=O)[O-])[N+](C)(C)C. The number of carboxylic acid groups (broad SMARTS) is 1. The fraction of sp³-hybridized carbons (Fsp3) is 0.700. The Balaban J connectivity index is 5.56. The monoisotopic (exact) mass is 245 g/mol. The number of rotatable bonds is 8. The minimum atomic E-state index is -1.36. The van der Waals surface area contributed by atoms with Gasteiger partial charge in [-0.1, -0.05) is 6.92 Å². The van der Waals surface area contributed by atoms with E-state index in [-0.39, 0.29) is 10.9 Å². The van der Waals surface area contributed by atoms with Gasteiger partial charge in [0.25, 0.3) is 0 Å². The van der Waals surface area contributed by atoms with E-state index in [9.17, 15) is 19.5 Å². The van der Waals surface area contributed by atoms with E-state index in [1.807, 2.05) is 0 Å². The van der Waals surface area contributed by atoms with Crippen molar-refractivity contribution in [1.29, 1.82) is 0 Å². The summed E-state index contributed by atoms with van der Waals surface area (Å²) in [5, 5.41) is 16.0. The smallest absolute Gasteiger partial charge is 0.209 e. The van der Waals surface area contributed by atoms with Crippen LogP contribution in [0.2, 0.25) is 0 Å². The van der Waals surface area contributed by atoms with E-state index in [4.69, 9.17) is 0 Å². The summed E-state index contributed by atoms with van der Waals surface area (Å²) >= 11 is 0. The maximum atomic E-state index is 11.3. The molecule has 17 heavy (non-hydrogen) atoms. The molecular weight excluding hydrogens is 226 g/mol. The molecule has 7 nitrogen and oxygen atoms in total. The van der Waals surface area contributed by atoms with Crippen LogP contribution in [0.4, 0.5) is 0 Å². The number of carbonyl (C=O) groups is 3. The molecule has 0 fully saturated rings. The van der Waals surface area contributed by atoms with Gasteiger partial charge in [0, 0.05) is 0 Å². The van der Waals surface area contributed by atoms with Crippen LogP contribution in [0.15, 0.2) is 0 Å². The first-order chi connectivity index (χ1) is 7.75. The molecule has 0 radical (unpaired) electrons. The van der Waals surface area contributed by atoms with Crippen molar-refractivity contribution in [1.82, 2.24) is 10.6 Å². The van der Waals surface area contributed by atoms with Gasteiger partial charge in [-0.25, -0.2) is 0 Å². The number of carbonyl (C=O) groups excluding carboxylic acids is 3. The lowest BCUT2D eigenvalue weighted by molar-refractivity contribution is -0.894. The van der Waals surface area contributed by atoms with E-state index < -0.39 is 17.7 Å². The van der Waals surface area contributed by atoms with E-state index in [0.29, 0.717) is 12.8 Å². The molecule has 0 aliphatic rings. The molecule has 0 bridgehead atoms. The van der Waals surface area contributed by atoms with Gasteiger partial charge in [0.15, 0.2) is 11.7 Å². The van der Waals surface area contributed by atoms with Crippen molar-refractivity contribution in [3.8, 4) is 0 Å². The zero-order valence-corrected chi connectivity index (χ0v) is 10.5. The van der Waals surface area contributed by atoms with Crippen molar-refractivity contribution in [2.45, 2.75) is 25.0 Å². The van der Waals surface area contributed by atoms with Gasteiger partial charge in [0.2, 0.25) is 12.8 Å². The van der Waals surface area contributed by atoms with Crippen LogP contribution in [-0.4, -0.2) is 56.1 Å². The Morgan fingerprint density at radius 2 is 1.71 bits per heavy atom. The summed E-state index contributed by atoms with van der Waals surface area (Å²) in [6.07, 6.45) is 0.954. The molecule has 0 heterocycles. The number of likely N-dealkylation sites (N-methyl/N-ethyl adjacent to an activating group) is 1. The number of amides is 2. The molecule has 0 saturated heterocycles. The van der Waals surface area contributed by atoms with E-state index in [0.717, 1.165) is 0 Å². The van der Waals surface area contributed by atoms with Crippen LogP contribution in [0, 0.1) is 0 Å². The van der Waals surface area contributed by atoms with Gasteiger partial charge in [-0.3, -0.25) is 9.59 Å².